The zero-order chi connectivity index (χ0) is 10.0. The monoisotopic (exact) mass is 245 g/mol. The number of rotatable bonds is 2. The van der Waals surface area contributed by atoms with E-state index in [4.69, 9.17) is 10.2 Å². The van der Waals surface area contributed by atoms with Crippen molar-refractivity contribution in [3.8, 4) is 0 Å². The second-order valence-corrected chi connectivity index (χ2v) is 2.46. The maximum absolute atomic E-state index is 10.6. The molecule has 0 amide bonds. The van der Waals surface area contributed by atoms with Crippen molar-refractivity contribution < 1.29 is 39.3 Å². The molecule has 1 aromatic rings. The minimum Gasteiger partial charge on any atom is -0.478 e. The molecule has 1 rings (SSSR count). The maximum atomic E-state index is 10.6. The van der Waals surface area contributed by atoms with Gasteiger partial charge >= 0.3 is 11.9 Å². The molecule has 0 bridgehead atoms. The van der Waals surface area contributed by atoms with Gasteiger partial charge in [0.1, 0.15) is 0 Å². The van der Waals surface area contributed by atoms with Crippen LogP contribution in [0, 0.1) is 6.92 Å². The molecule has 6 heteroatoms. The SMILES string of the molecule is Cc1ccnc(C(=O)O)c1C(=O)O.[Zn]. The topological polar surface area (TPSA) is 87.5 Å². The number of aromatic carboxylic acids is 2. The van der Waals surface area contributed by atoms with E-state index in [1.165, 1.54) is 19.2 Å². The molecule has 0 atom stereocenters. The second-order valence-electron chi connectivity index (χ2n) is 2.46. The van der Waals surface area contributed by atoms with E-state index in [0.29, 0.717) is 5.56 Å². The van der Waals surface area contributed by atoms with Gasteiger partial charge in [-0.25, -0.2) is 14.6 Å². The van der Waals surface area contributed by atoms with Crippen LogP contribution in [0.2, 0.25) is 0 Å². The van der Waals surface area contributed by atoms with Crippen LogP contribution in [0.3, 0.4) is 0 Å². The molecule has 1 aromatic heterocycles. The fourth-order valence-corrected chi connectivity index (χ4v) is 0.990. The van der Waals surface area contributed by atoms with Gasteiger partial charge in [0.2, 0.25) is 0 Å². The third kappa shape index (κ3) is 2.36. The molecule has 0 saturated heterocycles. The quantitative estimate of drug-likeness (QED) is 0.753. The molecule has 0 spiro atoms. The summed E-state index contributed by atoms with van der Waals surface area (Å²) in [6, 6.07) is 1.45. The van der Waals surface area contributed by atoms with Crippen molar-refractivity contribution in [1.29, 1.82) is 0 Å². The van der Waals surface area contributed by atoms with Gasteiger partial charge in [-0.1, -0.05) is 0 Å². The van der Waals surface area contributed by atoms with Crippen LogP contribution >= 0.6 is 0 Å². The first-order valence-corrected chi connectivity index (χ1v) is 3.46. The van der Waals surface area contributed by atoms with E-state index >= 15 is 0 Å². The average molecular weight is 247 g/mol. The molecule has 0 unspecified atom stereocenters. The molecule has 0 aliphatic heterocycles. The number of pyridine rings is 1. The van der Waals surface area contributed by atoms with Crippen LogP contribution < -0.4 is 0 Å². The van der Waals surface area contributed by atoms with E-state index in [2.05, 4.69) is 4.98 Å². The Morgan fingerprint density at radius 3 is 2.21 bits per heavy atom. The van der Waals surface area contributed by atoms with E-state index in [-0.39, 0.29) is 25.0 Å². The number of hydrogen-bond acceptors (Lipinski definition) is 3. The smallest absolute Gasteiger partial charge is 0.355 e. The van der Waals surface area contributed by atoms with Crippen LogP contribution in [0.1, 0.15) is 26.4 Å². The summed E-state index contributed by atoms with van der Waals surface area (Å²) in [6.07, 6.45) is 1.27. The zero-order valence-electron chi connectivity index (χ0n) is 7.52. The Kier molecular flexibility index (Phi) is 4.37. The molecule has 0 aromatic carbocycles. The molecule has 0 aliphatic rings. The van der Waals surface area contributed by atoms with Crippen molar-refractivity contribution in [3.63, 3.8) is 0 Å². The first kappa shape index (κ1) is 12.7. The van der Waals surface area contributed by atoms with E-state index in [1.807, 2.05) is 0 Å². The predicted molar refractivity (Wildman–Crippen MR) is 42.9 cm³/mol. The van der Waals surface area contributed by atoms with Gasteiger partial charge in [0, 0.05) is 25.7 Å². The van der Waals surface area contributed by atoms with Gasteiger partial charge in [0.05, 0.1) is 5.56 Å². The van der Waals surface area contributed by atoms with Crippen molar-refractivity contribution >= 4 is 11.9 Å². The first-order valence-electron chi connectivity index (χ1n) is 3.46. The van der Waals surface area contributed by atoms with Gasteiger partial charge < -0.3 is 10.2 Å². The second kappa shape index (κ2) is 4.81. The summed E-state index contributed by atoms with van der Waals surface area (Å²) >= 11 is 0. The van der Waals surface area contributed by atoms with Crippen LogP contribution in [0.25, 0.3) is 0 Å². The predicted octanol–water partition coefficient (Wildman–Crippen LogP) is 0.784. The van der Waals surface area contributed by atoms with Gasteiger partial charge in [-0.05, 0) is 18.6 Å². The molecular weight excluding hydrogens is 239 g/mol. The molecular formula is C8H7NO4Zn. The number of aromatic nitrogens is 1. The van der Waals surface area contributed by atoms with Gasteiger partial charge in [0.25, 0.3) is 0 Å². The van der Waals surface area contributed by atoms with E-state index < -0.39 is 17.6 Å². The molecule has 0 fully saturated rings. The van der Waals surface area contributed by atoms with Crippen molar-refractivity contribution in [1.82, 2.24) is 4.98 Å². The van der Waals surface area contributed by atoms with Crippen LogP contribution in [0.15, 0.2) is 12.3 Å². The van der Waals surface area contributed by atoms with Gasteiger partial charge in [-0.3, -0.25) is 0 Å². The Bertz CT molecular complexity index is 378. The summed E-state index contributed by atoms with van der Waals surface area (Å²) in [7, 11) is 0. The molecule has 70 valence electrons. The number of hydrogen-bond donors (Lipinski definition) is 2. The standard InChI is InChI=1S/C8H7NO4.Zn/c1-4-2-3-9-6(8(12)13)5(4)7(10)11;/h2-3H,1H3,(H,10,11)(H,12,13);. The zero-order valence-corrected chi connectivity index (χ0v) is 10.5. The summed E-state index contributed by atoms with van der Waals surface area (Å²) in [6.45, 7) is 1.53. The Balaban J connectivity index is 0.00000169. The minimum atomic E-state index is -1.33. The number of carboxylic acids is 2. The number of carboxylic acid groups (broad SMARTS) is 2. The minimum absolute atomic E-state index is 0. The Morgan fingerprint density at radius 2 is 1.86 bits per heavy atom. The first-order chi connectivity index (χ1) is 6.04. The molecule has 0 aliphatic carbocycles. The fourth-order valence-electron chi connectivity index (χ4n) is 0.990. The summed E-state index contributed by atoms with van der Waals surface area (Å²) in [5.74, 6) is -2.61. The van der Waals surface area contributed by atoms with E-state index in [9.17, 15) is 9.59 Å². The van der Waals surface area contributed by atoms with Crippen LogP contribution in [0.5, 0.6) is 0 Å². The number of aryl methyl sites for hydroxylation is 1. The Hall–Kier alpha value is -1.29. The molecule has 14 heavy (non-hydrogen) atoms. The molecule has 0 radical (unpaired) electrons. The van der Waals surface area contributed by atoms with Gasteiger partial charge in [-0.15, -0.1) is 0 Å². The summed E-state index contributed by atoms with van der Waals surface area (Å²) in [5.41, 5.74) is -0.289. The molecule has 1 heterocycles. The number of nitrogens with zero attached hydrogens (tertiary/aromatic N) is 1. The van der Waals surface area contributed by atoms with Crippen molar-refractivity contribution in [2.24, 2.45) is 0 Å². The van der Waals surface area contributed by atoms with Crippen molar-refractivity contribution in [2.45, 2.75) is 6.92 Å². The molecule has 0 saturated carbocycles. The number of carbonyl (C=O) groups is 2. The van der Waals surface area contributed by atoms with Crippen LogP contribution in [-0.2, 0) is 19.5 Å². The Labute approximate surface area is 92.5 Å². The largest absolute Gasteiger partial charge is 0.478 e. The van der Waals surface area contributed by atoms with Gasteiger partial charge in [0.15, 0.2) is 5.69 Å². The third-order valence-corrected chi connectivity index (χ3v) is 1.58. The van der Waals surface area contributed by atoms with Gasteiger partial charge in [-0.2, -0.15) is 0 Å². The van der Waals surface area contributed by atoms with Crippen LogP contribution in [0.4, 0.5) is 0 Å². The van der Waals surface area contributed by atoms with Crippen molar-refractivity contribution in [3.05, 3.63) is 29.1 Å². The normalized spacial score (nSPS) is 8.93. The fraction of sp³-hybridized carbons (Fsp3) is 0.125. The molecule has 5 nitrogen and oxygen atoms in total. The molecule has 2 N–H and O–H groups in total. The Morgan fingerprint density at radius 1 is 1.29 bits per heavy atom. The summed E-state index contributed by atoms with van der Waals surface area (Å²) < 4.78 is 0. The van der Waals surface area contributed by atoms with E-state index in [0.717, 1.165) is 0 Å². The van der Waals surface area contributed by atoms with Crippen LogP contribution in [-0.4, -0.2) is 27.1 Å². The van der Waals surface area contributed by atoms with Crippen molar-refractivity contribution in [2.75, 3.05) is 0 Å². The van der Waals surface area contributed by atoms with E-state index in [1.54, 1.807) is 0 Å². The summed E-state index contributed by atoms with van der Waals surface area (Å²) in [4.78, 5) is 24.7. The average Bonchev–Trinajstić information content (AvgIpc) is 2.02. The maximum Gasteiger partial charge on any atom is 0.355 e. The summed E-state index contributed by atoms with van der Waals surface area (Å²) in [5, 5.41) is 17.3. The third-order valence-electron chi connectivity index (χ3n) is 1.58.